The lowest BCUT2D eigenvalue weighted by atomic mass is 10.2. The molecular formula is C11H11N3O2. The van der Waals surface area contributed by atoms with Gasteiger partial charge >= 0.3 is 5.69 Å². The van der Waals surface area contributed by atoms with Crippen molar-refractivity contribution in [2.75, 3.05) is 5.73 Å². The number of nitrogens with one attached hydrogen (secondary N) is 1. The number of benzene rings is 1. The van der Waals surface area contributed by atoms with Crippen LogP contribution in [0.4, 0.5) is 5.82 Å². The van der Waals surface area contributed by atoms with E-state index >= 15 is 0 Å². The van der Waals surface area contributed by atoms with Gasteiger partial charge in [0, 0.05) is 6.07 Å². The van der Waals surface area contributed by atoms with Crippen molar-refractivity contribution in [3.8, 4) is 5.88 Å². The number of H-pyrrole nitrogens is 1. The topological polar surface area (TPSA) is 81.0 Å². The lowest BCUT2D eigenvalue weighted by Crippen LogP contribution is -2.13. The summed E-state index contributed by atoms with van der Waals surface area (Å²) in [5.41, 5.74) is 5.94. The van der Waals surface area contributed by atoms with Crippen molar-refractivity contribution in [2.24, 2.45) is 0 Å². The summed E-state index contributed by atoms with van der Waals surface area (Å²) in [5.74, 6) is 0.466. The van der Waals surface area contributed by atoms with Gasteiger partial charge in [-0.25, -0.2) is 4.79 Å². The molecule has 0 saturated heterocycles. The Morgan fingerprint density at radius 3 is 2.75 bits per heavy atom. The number of aromatic amines is 1. The van der Waals surface area contributed by atoms with E-state index in [1.165, 1.54) is 6.07 Å². The predicted octanol–water partition coefficient (Wildman–Crippen LogP) is 0.931. The van der Waals surface area contributed by atoms with Crippen LogP contribution in [-0.2, 0) is 6.61 Å². The van der Waals surface area contributed by atoms with Gasteiger partial charge in [-0.1, -0.05) is 30.3 Å². The third kappa shape index (κ3) is 2.60. The van der Waals surface area contributed by atoms with E-state index in [0.29, 0.717) is 6.61 Å². The molecule has 0 atom stereocenters. The van der Waals surface area contributed by atoms with Gasteiger partial charge in [0.25, 0.3) is 0 Å². The number of anilines is 1. The fraction of sp³-hybridized carbons (Fsp3) is 0.0909. The molecule has 0 spiro atoms. The van der Waals surface area contributed by atoms with E-state index in [0.717, 1.165) is 5.56 Å². The molecule has 1 aromatic carbocycles. The van der Waals surface area contributed by atoms with Crippen molar-refractivity contribution in [1.82, 2.24) is 9.97 Å². The minimum absolute atomic E-state index is 0.227. The zero-order chi connectivity index (χ0) is 11.4. The molecule has 0 saturated carbocycles. The SMILES string of the molecule is Nc1cc(OCc2ccccc2)nc(=O)[nH]1. The highest BCUT2D eigenvalue weighted by molar-refractivity contribution is 5.31. The Morgan fingerprint density at radius 1 is 1.31 bits per heavy atom. The highest BCUT2D eigenvalue weighted by Gasteiger charge is 1.99. The monoisotopic (exact) mass is 217 g/mol. The van der Waals surface area contributed by atoms with E-state index in [9.17, 15) is 4.79 Å². The second-order valence-corrected chi connectivity index (χ2v) is 3.25. The maximum atomic E-state index is 11.0. The molecule has 1 heterocycles. The van der Waals surface area contributed by atoms with Gasteiger partial charge in [-0.15, -0.1) is 0 Å². The number of nitrogens with two attached hydrogens (primary N) is 1. The van der Waals surface area contributed by atoms with Crippen LogP contribution in [0.1, 0.15) is 5.56 Å². The molecule has 3 N–H and O–H groups in total. The molecular weight excluding hydrogens is 206 g/mol. The first-order valence-corrected chi connectivity index (χ1v) is 4.77. The van der Waals surface area contributed by atoms with E-state index in [2.05, 4.69) is 9.97 Å². The first-order chi connectivity index (χ1) is 7.74. The summed E-state index contributed by atoms with van der Waals surface area (Å²) < 4.78 is 5.34. The summed E-state index contributed by atoms with van der Waals surface area (Å²) in [4.78, 5) is 17.0. The molecule has 0 fully saturated rings. The second kappa shape index (κ2) is 4.48. The average Bonchev–Trinajstić information content (AvgIpc) is 2.27. The number of rotatable bonds is 3. The van der Waals surface area contributed by atoms with Crippen LogP contribution in [0.2, 0.25) is 0 Å². The van der Waals surface area contributed by atoms with E-state index in [4.69, 9.17) is 10.5 Å². The zero-order valence-electron chi connectivity index (χ0n) is 8.51. The van der Waals surface area contributed by atoms with Crippen LogP contribution in [0.3, 0.4) is 0 Å². The number of hydrogen-bond acceptors (Lipinski definition) is 4. The summed E-state index contributed by atoms with van der Waals surface area (Å²) in [6, 6.07) is 11.1. The Hall–Kier alpha value is -2.30. The summed E-state index contributed by atoms with van der Waals surface area (Å²) in [6.07, 6.45) is 0. The largest absolute Gasteiger partial charge is 0.473 e. The van der Waals surface area contributed by atoms with Crippen LogP contribution in [0.25, 0.3) is 0 Å². The lowest BCUT2D eigenvalue weighted by molar-refractivity contribution is 0.292. The van der Waals surface area contributed by atoms with E-state index < -0.39 is 5.69 Å². The first kappa shape index (κ1) is 10.2. The molecule has 0 aliphatic rings. The first-order valence-electron chi connectivity index (χ1n) is 4.77. The van der Waals surface area contributed by atoms with Crippen LogP contribution in [0.15, 0.2) is 41.2 Å². The smallest absolute Gasteiger partial charge is 0.349 e. The number of ether oxygens (including phenoxy) is 1. The van der Waals surface area contributed by atoms with E-state index in [1.54, 1.807) is 0 Å². The second-order valence-electron chi connectivity index (χ2n) is 3.25. The van der Waals surface area contributed by atoms with Gasteiger partial charge in [0.05, 0.1) is 0 Å². The van der Waals surface area contributed by atoms with Gasteiger partial charge < -0.3 is 10.5 Å². The fourth-order valence-electron chi connectivity index (χ4n) is 1.26. The Labute approximate surface area is 91.9 Å². The van der Waals surface area contributed by atoms with Crippen molar-refractivity contribution in [1.29, 1.82) is 0 Å². The summed E-state index contributed by atoms with van der Waals surface area (Å²) in [7, 11) is 0. The number of aromatic nitrogens is 2. The van der Waals surface area contributed by atoms with Gasteiger partial charge in [-0.05, 0) is 5.56 Å². The average molecular weight is 217 g/mol. The van der Waals surface area contributed by atoms with Crippen LogP contribution in [0.5, 0.6) is 5.88 Å². The highest BCUT2D eigenvalue weighted by atomic mass is 16.5. The summed E-state index contributed by atoms with van der Waals surface area (Å²) in [5, 5.41) is 0. The molecule has 5 heteroatoms. The number of nitrogens with zero attached hydrogens (tertiary/aromatic N) is 1. The molecule has 2 rings (SSSR count). The minimum atomic E-state index is -0.511. The summed E-state index contributed by atoms with van der Waals surface area (Å²) >= 11 is 0. The molecule has 0 amide bonds. The zero-order valence-corrected chi connectivity index (χ0v) is 8.51. The van der Waals surface area contributed by atoms with Gasteiger partial charge in [0.2, 0.25) is 5.88 Å². The number of hydrogen-bond donors (Lipinski definition) is 2. The minimum Gasteiger partial charge on any atom is -0.473 e. The molecule has 0 unspecified atom stereocenters. The van der Waals surface area contributed by atoms with Crippen molar-refractivity contribution >= 4 is 5.82 Å². The molecule has 82 valence electrons. The van der Waals surface area contributed by atoms with Crippen LogP contribution in [0, 0.1) is 0 Å². The van der Waals surface area contributed by atoms with Gasteiger partial charge in [-0.3, -0.25) is 4.98 Å². The maximum Gasteiger partial charge on any atom is 0.349 e. The van der Waals surface area contributed by atoms with Crippen molar-refractivity contribution in [3.63, 3.8) is 0 Å². The van der Waals surface area contributed by atoms with Gasteiger partial charge in [0.1, 0.15) is 12.4 Å². The molecule has 1 aromatic heterocycles. The Kier molecular flexibility index (Phi) is 2.86. The molecule has 0 aliphatic carbocycles. The normalized spacial score (nSPS) is 10.0. The molecule has 0 bridgehead atoms. The van der Waals surface area contributed by atoms with Crippen LogP contribution < -0.4 is 16.2 Å². The van der Waals surface area contributed by atoms with Crippen molar-refractivity contribution < 1.29 is 4.74 Å². The molecule has 2 aromatic rings. The van der Waals surface area contributed by atoms with E-state index in [1.807, 2.05) is 30.3 Å². The third-order valence-corrected chi connectivity index (χ3v) is 1.97. The Morgan fingerprint density at radius 2 is 2.06 bits per heavy atom. The van der Waals surface area contributed by atoms with Gasteiger partial charge in [0.15, 0.2) is 0 Å². The highest BCUT2D eigenvalue weighted by Crippen LogP contribution is 2.08. The molecule has 0 radical (unpaired) electrons. The molecule has 16 heavy (non-hydrogen) atoms. The van der Waals surface area contributed by atoms with Crippen molar-refractivity contribution in [3.05, 3.63) is 52.4 Å². The fourth-order valence-corrected chi connectivity index (χ4v) is 1.26. The number of nitrogen functional groups attached to an aromatic ring is 1. The van der Waals surface area contributed by atoms with Crippen molar-refractivity contribution in [2.45, 2.75) is 6.61 Å². The Balaban J connectivity index is 2.08. The van der Waals surface area contributed by atoms with Gasteiger partial charge in [-0.2, -0.15) is 4.98 Å². The quantitative estimate of drug-likeness (QED) is 0.801. The lowest BCUT2D eigenvalue weighted by Gasteiger charge is -2.04. The predicted molar refractivity (Wildman–Crippen MR) is 60.0 cm³/mol. The third-order valence-electron chi connectivity index (χ3n) is 1.97. The molecule has 5 nitrogen and oxygen atoms in total. The van der Waals surface area contributed by atoms with Crippen LogP contribution in [-0.4, -0.2) is 9.97 Å². The standard InChI is InChI=1S/C11H11N3O2/c12-9-6-10(14-11(15)13-9)16-7-8-4-2-1-3-5-8/h1-6H,7H2,(H3,12,13,14,15). The summed E-state index contributed by atoms with van der Waals surface area (Å²) in [6.45, 7) is 0.358. The maximum absolute atomic E-state index is 11.0. The Bertz CT molecular complexity index is 522. The molecule has 0 aliphatic heterocycles. The van der Waals surface area contributed by atoms with Crippen LogP contribution >= 0.6 is 0 Å². The van der Waals surface area contributed by atoms with E-state index in [-0.39, 0.29) is 11.7 Å².